The molecule has 0 aromatic heterocycles. The van der Waals surface area contributed by atoms with Gasteiger partial charge >= 0.3 is 0 Å². The Labute approximate surface area is 199 Å². The van der Waals surface area contributed by atoms with Gasteiger partial charge in [0.05, 0.1) is 99.1 Å². The number of rotatable bonds is 29. The molecule has 194 valence electrons. The van der Waals surface area contributed by atoms with Gasteiger partial charge in [0.25, 0.3) is 0 Å². The van der Waals surface area contributed by atoms with Gasteiger partial charge in [-0.2, -0.15) is 0 Å². The van der Waals surface area contributed by atoms with Gasteiger partial charge in [0.2, 0.25) is 0 Å². The van der Waals surface area contributed by atoms with Crippen LogP contribution in [0.15, 0.2) is 0 Å². The van der Waals surface area contributed by atoms with Gasteiger partial charge in [-0.3, -0.25) is 0 Å². The molecule has 0 unspecified atom stereocenters. The van der Waals surface area contributed by atoms with Gasteiger partial charge in [-0.25, -0.2) is 0 Å². The maximum atomic E-state index is 5.63. The highest BCUT2D eigenvalue weighted by Crippen LogP contribution is 2.01. The fraction of sp³-hybridized carbons (Fsp3) is 1.00. The maximum absolute atomic E-state index is 5.63. The summed E-state index contributed by atoms with van der Waals surface area (Å²) < 4.78 is 43.2. The highest BCUT2D eigenvalue weighted by Gasteiger charge is 1.95. The standard InChI is InChI=1S/C22H46ClNO8/c23-5-3-1-2-4-7-25-9-11-27-13-15-29-17-19-31-21-22-32-20-18-30-16-14-28-12-10-26-8-6-24/h1-22,24H2. The molecular weight excluding hydrogens is 442 g/mol. The fourth-order valence-corrected chi connectivity index (χ4v) is 2.57. The second kappa shape index (κ2) is 30.9. The highest BCUT2D eigenvalue weighted by molar-refractivity contribution is 6.17. The monoisotopic (exact) mass is 487 g/mol. The first-order valence-electron chi connectivity index (χ1n) is 11.8. The Kier molecular flexibility index (Phi) is 30.9. The SMILES string of the molecule is NCCOCCOCCOCCOCCOCCOCCOCCOCCCCCCCl. The Morgan fingerprint density at radius 1 is 0.344 bits per heavy atom. The van der Waals surface area contributed by atoms with E-state index < -0.39 is 0 Å². The van der Waals surface area contributed by atoms with Crippen molar-refractivity contribution >= 4 is 11.6 Å². The average molecular weight is 488 g/mol. The van der Waals surface area contributed by atoms with E-state index in [2.05, 4.69) is 0 Å². The number of hydrogen-bond acceptors (Lipinski definition) is 9. The second-order valence-electron chi connectivity index (χ2n) is 6.79. The molecule has 0 aromatic rings. The molecule has 0 rings (SSSR count). The summed E-state index contributed by atoms with van der Waals surface area (Å²) in [6.07, 6.45) is 4.52. The lowest BCUT2D eigenvalue weighted by molar-refractivity contribution is -0.0230. The van der Waals surface area contributed by atoms with Crippen LogP contribution in [0.25, 0.3) is 0 Å². The van der Waals surface area contributed by atoms with Crippen molar-refractivity contribution in [1.29, 1.82) is 0 Å². The van der Waals surface area contributed by atoms with E-state index in [0.717, 1.165) is 25.3 Å². The van der Waals surface area contributed by atoms with Crippen molar-refractivity contribution in [2.45, 2.75) is 25.7 Å². The third-order valence-corrected chi connectivity index (χ3v) is 4.31. The number of ether oxygens (including phenoxy) is 8. The van der Waals surface area contributed by atoms with Gasteiger partial charge in [-0.05, 0) is 12.8 Å². The maximum Gasteiger partial charge on any atom is 0.0701 e. The van der Waals surface area contributed by atoms with Gasteiger partial charge < -0.3 is 43.6 Å². The number of nitrogens with two attached hydrogens (primary N) is 1. The topological polar surface area (TPSA) is 99.9 Å². The average Bonchev–Trinajstić information content (AvgIpc) is 2.81. The Bertz CT molecular complexity index is 302. The first kappa shape index (κ1) is 31.9. The molecule has 0 atom stereocenters. The smallest absolute Gasteiger partial charge is 0.0701 e. The van der Waals surface area contributed by atoms with Crippen molar-refractivity contribution in [2.24, 2.45) is 5.73 Å². The summed E-state index contributed by atoms with van der Waals surface area (Å²) in [4.78, 5) is 0. The Morgan fingerprint density at radius 3 is 0.938 bits per heavy atom. The number of hydrogen-bond donors (Lipinski definition) is 1. The molecule has 0 saturated heterocycles. The molecule has 9 nitrogen and oxygen atoms in total. The van der Waals surface area contributed by atoms with E-state index in [1.807, 2.05) is 0 Å². The van der Waals surface area contributed by atoms with Crippen molar-refractivity contribution in [3.63, 3.8) is 0 Å². The molecule has 10 heteroatoms. The molecule has 0 saturated carbocycles. The molecule has 0 aliphatic carbocycles. The summed E-state index contributed by atoms with van der Waals surface area (Å²) in [6.45, 7) is 9.67. The van der Waals surface area contributed by atoms with E-state index >= 15 is 0 Å². The van der Waals surface area contributed by atoms with Gasteiger partial charge in [0.15, 0.2) is 0 Å². The summed E-state index contributed by atoms with van der Waals surface area (Å²) in [5.41, 5.74) is 5.31. The Hall–Kier alpha value is -0.0700. The first-order valence-corrected chi connectivity index (χ1v) is 12.3. The van der Waals surface area contributed by atoms with Crippen molar-refractivity contribution in [3.05, 3.63) is 0 Å². The van der Waals surface area contributed by atoms with Crippen LogP contribution < -0.4 is 5.73 Å². The van der Waals surface area contributed by atoms with E-state index in [0.29, 0.717) is 106 Å². The van der Waals surface area contributed by atoms with Gasteiger partial charge in [0.1, 0.15) is 0 Å². The Balaban J connectivity index is 2.98. The molecule has 0 spiro atoms. The van der Waals surface area contributed by atoms with Crippen LogP contribution in [-0.2, 0) is 37.9 Å². The molecule has 0 bridgehead atoms. The summed E-state index contributed by atoms with van der Waals surface area (Å²) in [7, 11) is 0. The third kappa shape index (κ3) is 29.9. The summed E-state index contributed by atoms with van der Waals surface area (Å²) in [6, 6.07) is 0. The van der Waals surface area contributed by atoms with E-state index in [1.54, 1.807) is 0 Å². The van der Waals surface area contributed by atoms with E-state index in [9.17, 15) is 0 Å². The minimum Gasteiger partial charge on any atom is -0.379 e. The molecule has 2 N–H and O–H groups in total. The number of alkyl halides is 1. The van der Waals surface area contributed by atoms with Crippen molar-refractivity contribution in [1.82, 2.24) is 0 Å². The minimum atomic E-state index is 0.533. The first-order chi connectivity index (χ1) is 15.9. The van der Waals surface area contributed by atoms with Crippen LogP contribution in [0.1, 0.15) is 25.7 Å². The molecule has 0 aromatic carbocycles. The van der Waals surface area contributed by atoms with Crippen LogP contribution in [-0.4, -0.2) is 118 Å². The quantitative estimate of drug-likeness (QED) is 0.125. The summed E-state index contributed by atoms with van der Waals surface area (Å²) >= 11 is 5.63. The van der Waals surface area contributed by atoms with Crippen LogP contribution in [0.4, 0.5) is 0 Å². The summed E-state index contributed by atoms with van der Waals surface area (Å²) in [5.74, 6) is 0.749. The lowest BCUT2D eigenvalue weighted by Gasteiger charge is -2.08. The van der Waals surface area contributed by atoms with Crippen LogP contribution in [0, 0.1) is 0 Å². The van der Waals surface area contributed by atoms with Gasteiger partial charge in [-0.15, -0.1) is 11.6 Å². The van der Waals surface area contributed by atoms with Crippen molar-refractivity contribution in [2.75, 3.05) is 118 Å². The van der Waals surface area contributed by atoms with E-state index in [1.165, 1.54) is 12.8 Å². The summed E-state index contributed by atoms with van der Waals surface area (Å²) in [5, 5.41) is 0. The van der Waals surface area contributed by atoms with Crippen LogP contribution in [0.5, 0.6) is 0 Å². The zero-order valence-corrected chi connectivity index (χ0v) is 20.5. The molecule has 32 heavy (non-hydrogen) atoms. The minimum absolute atomic E-state index is 0.533. The molecule has 0 heterocycles. The number of halogens is 1. The van der Waals surface area contributed by atoms with Crippen molar-refractivity contribution < 1.29 is 37.9 Å². The third-order valence-electron chi connectivity index (χ3n) is 4.04. The Morgan fingerprint density at radius 2 is 0.625 bits per heavy atom. The molecule has 0 fully saturated rings. The predicted octanol–water partition coefficient (Wildman–Crippen LogP) is 1.88. The highest BCUT2D eigenvalue weighted by atomic mass is 35.5. The van der Waals surface area contributed by atoms with Crippen LogP contribution in [0.2, 0.25) is 0 Å². The zero-order chi connectivity index (χ0) is 23.2. The van der Waals surface area contributed by atoms with Gasteiger partial charge in [0, 0.05) is 19.0 Å². The second-order valence-corrected chi connectivity index (χ2v) is 7.17. The molecule has 0 amide bonds. The van der Waals surface area contributed by atoms with Gasteiger partial charge in [-0.1, -0.05) is 12.8 Å². The van der Waals surface area contributed by atoms with E-state index in [4.69, 9.17) is 55.2 Å². The lowest BCUT2D eigenvalue weighted by atomic mass is 10.2. The lowest BCUT2D eigenvalue weighted by Crippen LogP contribution is -2.15. The largest absolute Gasteiger partial charge is 0.379 e. The molecule has 0 aliphatic heterocycles. The molecule has 0 radical (unpaired) electrons. The normalized spacial score (nSPS) is 11.4. The molecule has 0 aliphatic rings. The van der Waals surface area contributed by atoms with Crippen LogP contribution in [0.3, 0.4) is 0 Å². The predicted molar refractivity (Wildman–Crippen MR) is 125 cm³/mol. The number of unbranched alkanes of at least 4 members (excludes halogenated alkanes) is 3. The molecular formula is C22H46ClNO8. The van der Waals surface area contributed by atoms with Crippen LogP contribution >= 0.6 is 11.6 Å². The zero-order valence-electron chi connectivity index (χ0n) is 19.8. The van der Waals surface area contributed by atoms with Crippen molar-refractivity contribution in [3.8, 4) is 0 Å². The fourth-order valence-electron chi connectivity index (χ4n) is 2.38. The van der Waals surface area contributed by atoms with E-state index in [-0.39, 0.29) is 0 Å².